The molecule has 0 fully saturated rings. The first-order chi connectivity index (χ1) is 23.1. The first kappa shape index (κ1) is 31.7. The van der Waals surface area contributed by atoms with Crippen LogP contribution in [-0.2, 0) is 28.1 Å². The first-order valence-electron chi connectivity index (χ1n) is 16.8. The molecule has 0 atom stereocenters. The molecular formula is C43H42N2O2S. The zero-order valence-corrected chi connectivity index (χ0v) is 29.4. The number of nitrogens with zero attached hydrogens (tertiary/aromatic N) is 2. The maximum absolute atomic E-state index is 13.9. The topological polar surface area (TPSA) is 40.6 Å². The van der Waals surface area contributed by atoms with E-state index in [2.05, 4.69) is 154 Å². The van der Waals surface area contributed by atoms with E-state index in [1.54, 1.807) is 13.0 Å². The quantitative estimate of drug-likeness (QED) is 0.176. The van der Waals surface area contributed by atoms with Gasteiger partial charge in [-0.2, -0.15) is 0 Å². The zero-order chi connectivity index (χ0) is 33.8. The molecule has 7 rings (SSSR count). The van der Waals surface area contributed by atoms with Crippen molar-refractivity contribution in [3.63, 3.8) is 0 Å². The number of hydrogen-bond acceptors (Lipinski definition) is 4. The van der Waals surface area contributed by atoms with Crippen molar-refractivity contribution in [3.05, 3.63) is 160 Å². The molecule has 2 aliphatic heterocycles. The molecule has 0 aromatic heterocycles. The Morgan fingerprint density at radius 3 is 1.77 bits per heavy atom. The van der Waals surface area contributed by atoms with Gasteiger partial charge in [0.25, 0.3) is 0 Å². The molecule has 5 aromatic carbocycles. The molecule has 5 heteroatoms. The van der Waals surface area contributed by atoms with Crippen molar-refractivity contribution in [2.24, 2.45) is 0 Å². The molecule has 48 heavy (non-hydrogen) atoms. The SMILES string of the molecule is CCc1ccccc1N(c1ccc2c(c1)C(/C=C(\C)N1c3ccccc3C(C)(C)c3ccccc31)=C(C)S2(=O)=O)c1ccccc1CC. The van der Waals surface area contributed by atoms with Crippen LogP contribution in [0.1, 0.15) is 69.4 Å². The summed E-state index contributed by atoms with van der Waals surface area (Å²) in [6.45, 7) is 12.7. The van der Waals surface area contributed by atoms with Gasteiger partial charge in [0.2, 0.25) is 9.84 Å². The second-order valence-electron chi connectivity index (χ2n) is 13.2. The van der Waals surface area contributed by atoms with E-state index in [9.17, 15) is 8.42 Å². The predicted octanol–water partition coefficient (Wildman–Crippen LogP) is 11.2. The van der Waals surface area contributed by atoms with Crippen molar-refractivity contribution in [1.82, 2.24) is 0 Å². The lowest BCUT2D eigenvalue weighted by Gasteiger charge is -2.42. The molecule has 0 N–H and O–H groups in total. The van der Waals surface area contributed by atoms with Gasteiger partial charge in [-0.05, 0) is 103 Å². The Kier molecular flexibility index (Phi) is 7.92. The Hall–Kier alpha value is -4.87. The molecule has 242 valence electrons. The molecular weight excluding hydrogens is 609 g/mol. The summed E-state index contributed by atoms with van der Waals surface area (Å²) in [5, 5.41) is 0. The molecule has 0 aliphatic carbocycles. The third kappa shape index (κ3) is 4.91. The van der Waals surface area contributed by atoms with Crippen LogP contribution >= 0.6 is 0 Å². The van der Waals surface area contributed by atoms with Crippen LogP contribution < -0.4 is 9.80 Å². The third-order valence-corrected chi connectivity index (χ3v) is 12.1. The minimum Gasteiger partial charge on any atom is -0.314 e. The number of allylic oxidation sites excluding steroid dienone is 4. The number of benzene rings is 5. The predicted molar refractivity (Wildman–Crippen MR) is 201 cm³/mol. The van der Waals surface area contributed by atoms with Crippen LogP contribution in [0.4, 0.5) is 28.4 Å². The standard InChI is InChI=1S/C43H42N2O2S/c1-7-31-17-9-13-21-38(31)45(39-22-14-10-18-32(39)8-2)33-25-26-42-35(28-33)34(30(4)48(42,46)47)27-29(3)44-40-23-15-11-19-36(40)43(5,6)37-20-12-16-24-41(37)44/h9-28H,7-8H2,1-6H3/b29-27+. The van der Waals surface area contributed by atoms with Gasteiger partial charge in [-0.3, -0.25) is 0 Å². The number of fused-ring (bicyclic) bond motifs is 3. The molecule has 2 heterocycles. The molecule has 0 spiro atoms. The largest absolute Gasteiger partial charge is 0.314 e. The maximum atomic E-state index is 13.9. The molecule has 0 bridgehead atoms. The highest BCUT2D eigenvalue weighted by Gasteiger charge is 2.38. The summed E-state index contributed by atoms with van der Waals surface area (Å²) in [6, 6.07) is 39.9. The van der Waals surface area contributed by atoms with Crippen LogP contribution in [0.3, 0.4) is 0 Å². The van der Waals surface area contributed by atoms with Gasteiger partial charge in [-0.1, -0.05) is 100 Å². The van der Waals surface area contributed by atoms with Crippen molar-refractivity contribution in [1.29, 1.82) is 0 Å². The summed E-state index contributed by atoms with van der Waals surface area (Å²) in [6.07, 6.45) is 3.82. The van der Waals surface area contributed by atoms with Gasteiger partial charge in [0.1, 0.15) is 0 Å². The molecule has 0 saturated carbocycles. The Bertz CT molecular complexity index is 2150. The highest BCUT2D eigenvalue weighted by Crippen LogP contribution is 2.51. The summed E-state index contributed by atoms with van der Waals surface area (Å²) in [5.74, 6) is 0. The monoisotopic (exact) mass is 650 g/mol. The molecule has 5 aromatic rings. The number of rotatable bonds is 7. The van der Waals surface area contributed by atoms with Gasteiger partial charge in [-0.25, -0.2) is 8.42 Å². The lowest BCUT2D eigenvalue weighted by Crippen LogP contribution is -2.32. The maximum Gasteiger partial charge on any atom is 0.203 e. The number of sulfone groups is 1. The minimum atomic E-state index is -3.65. The first-order valence-corrected chi connectivity index (χ1v) is 18.3. The van der Waals surface area contributed by atoms with E-state index in [1.807, 2.05) is 6.07 Å². The Labute approximate surface area is 285 Å². The third-order valence-electron chi connectivity index (χ3n) is 10.2. The van der Waals surface area contributed by atoms with E-state index in [4.69, 9.17) is 0 Å². The van der Waals surface area contributed by atoms with E-state index in [0.717, 1.165) is 58.1 Å². The lowest BCUT2D eigenvalue weighted by atomic mass is 9.73. The molecule has 2 aliphatic rings. The van der Waals surface area contributed by atoms with Crippen molar-refractivity contribution in [2.75, 3.05) is 9.80 Å². The second-order valence-corrected chi connectivity index (χ2v) is 15.3. The van der Waals surface area contributed by atoms with E-state index >= 15 is 0 Å². The van der Waals surface area contributed by atoms with Crippen molar-refractivity contribution in [2.45, 2.75) is 64.7 Å². The normalized spacial score (nSPS) is 16.0. The fourth-order valence-electron chi connectivity index (χ4n) is 7.57. The van der Waals surface area contributed by atoms with Crippen molar-refractivity contribution in [3.8, 4) is 0 Å². The summed E-state index contributed by atoms with van der Waals surface area (Å²) < 4.78 is 27.9. The average Bonchev–Trinajstić information content (AvgIpc) is 3.28. The number of aryl methyl sites for hydroxylation is 2. The van der Waals surface area contributed by atoms with Crippen LogP contribution in [-0.4, -0.2) is 8.42 Å². The molecule has 0 saturated heterocycles. The van der Waals surface area contributed by atoms with Crippen molar-refractivity contribution >= 4 is 43.8 Å². The van der Waals surface area contributed by atoms with Gasteiger partial charge in [0, 0.05) is 45.1 Å². The fraction of sp³-hybridized carbons (Fsp3) is 0.209. The smallest absolute Gasteiger partial charge is 0.203 e. The van der Waals surface area contributed by atoms with E-state index in [0.29, 0.717) is 9.80 Å². The minimum absolute atomic E-state index is 0.176. The second kappa shape index (κ2) is 12.0. The van der Waals surface area contributed by atoms with Crippen LogP contribution in [0.15, 0.2) is 137 Å². The van der Waals surface area contributed by atoms with Crippen LogP contribution in [0.25, 0.3) is 5.57 Å². The highest BCUT2D eigenvalue weighted by atomic mass is 32.2. The zero-order valence-electron chi connectivity index (χ0n) is 28.6. The molecule has 0 amide bonds. The van der Waals surface area contributed by atoms with E-state index in [1.165, 1.54) is 22.3 Å². The molecule has 0 radical (unpaired) electrons. The van der Waals surface area contributed by atoms with E-state index < -0.39 is 9.84 Å². The van der Waals surface area contributed by atoms with Gasteiger partial charge in [0.15, 0.2) is 0 Å². The summed E-state index contributed by atoms with van der Waals surface area (Å²) in [5.41, 5.74) is 12.5. The van der Waals surface area contributed by atoms with Crippen LogP contribution in [0.2, 0.25) is 0 Å². The average molecular weight is 651 g/mol. The number of hydrogen-bond donors (Lipinski definition) is 0. The Balaban J connectivity index is 1.42. The van der Waals surface area contributed by atoms with Gasteiger partial charge < -0.3 is 9.80 Å². The molecule has 4 nitrogen and oxygen atoms in total. The summed E-state index contributed by atoms with van der Waals surface area (Å²) >= 11 is 0. The number of para-hydroxylation sites is 4. The van der Waals surface area contributed by atoms with E-state index in [-0.39, 0.29) is 5.41 Å². The number of anilines is 5. The Morgan fingerprint density at radius 1 is 0.729 bits per heavy atom. The lowest BCUT2D eigenvalue weighted by molar-refractivity contribution is 0.603. The van der Waals surface area contributed by atoms with Gasteiger partial charge >= 0.3 is 0 Å². The summed E-state index contributed by atoms with van der Waals surface area (Å²) in [7, 11) is -3.65. The highest BCUT2D eigenvalue weighted by molar-refractivity contribution is 7.95. The van der Waals surface area contributed by atoms with Crippen LogP contribution in [0, 0.1) is 0 Å². The summed E-state index contributed by atoms with van der Waals surface area (Å²) in [4.78, 5) is 5.32. The van der Waals surface area contributed by atoms with Gasteiger partial charge in [-0.15, -0.1) is 0 Å². The van der Waals surface area contributed by atoms with Gasteiger partial charge in [0.05, 0.1) is 9.80 Å². The fourth-order valence-corrected chi connectivity index (χ4v) is 9.06. The van der Waals surface area contributed by atoms with Crippen LogP contribution in [0.5, 0.6) is 0 Å². The van der Waals surface area contributed by atoms with Crippen molar-refractivity contribution < 1.29 is 8.42 Å². The Morgan fingerprint density at radius 2 is 1.23 bits per heavy atom. The molecule has 0 unspecified atom stereocenters.